The molecule has 1 unspecified atom stereocenters. The summed E-state index contributed by atoms with van der Waals surface area (Å²) in [6.07, 6.45) is 1.68. The fourth-order valence-electron chi connectivity index (χ4n) is 0.625. The van der Waals surface area contributed by atoms with E-state index in [0.717, 1.165) is 19.8 Å². The number of hydrogen-bond acceptors (Lipinski definition) is 2. The molecule has 1 aliphatic heterocycles. The SMILES string of the molecule is [SiH3]CCCOCC1CO1. The maximum Gasteiger partial charge on any atom is 0.104 e. The van der Waals surface area contributed by atoms with Crippen LogP contribution < -0.4 is 0 Å². The summed E-state index contributed by atoms with van der Waals surface area (Å²) in [5.41, 5.74) is 0. The Morgan fingerprint density at radius 2 is 2.44 bits per heavy atom. The van der Waals surface area contributed by atoms with E-state index in [1.54, 1.807) is 0 Å². The molecule has 0 spiro atoms. The van der Waals surface area contributed by atoms with Crippen molar-refractivity contribution in [3.63, 3.8) is 0 Å². The van der Waals surface area contributed by atoms with Crippen LogP contribution in [0.4, 0.5) is 0 Å². The second-order valence-electron chi connectivity index (χ2n) is 2.38. The zero-order valence-electron chi connectivity index (χ0n) is 5.93. The topological polar surface area (TPSA) is 21.8 Å². The first-order chi connectivity index (χ1) is 4.43. The van der Waals surface area contributed by atoms with Crippen molar-refractivity contribution in [3.05, 3.63) is 0 Å². The molecule has 1 saturated heterocycles. The van der Waals surface area contributed by atoms with Gasteiger partial charge in [-0.3, -0.25) is 0 Å². The van der Waals surface area contributed by atoms with Crippen LogP contribution >= 0.6 is 0 Å². The quantitative estimate of drug-likeness (QED) is 0.298. The van der Waals surface area contributed by atoms with Gasteiger partial charge in [-0.15, -0.1) is 0 Å². The molecule has 54 valence electrons. The van der Waals surface area contributed by atoms with E-state index in [0.29, 0.717) is 6.10 Å². The van der Waals surface area contributed by atoms with Gasteiger partial charge in [0.15, 0.2) is 0 Å². The monoisotopic (exact) mass is 146 g/mol. The molecule has 9 heavy (non-hydrogen) atoms. The zero-order valence-corrected chi connectivity index (χ0v) is 7.93. The van der Waals surface area contributed by atoms with Crippen LogP contribution in [0.25, 0.3) is 0 Å². The predicted molar refractivity (Wildman–Crippen MR) is 39.9 cm³/mol. The van der Waals surface area contributed by atoms with Gasteiger partial charge in [0.2, 0.25) is 0 Å². The van der Waals surface area contributed by atoms with Crippen molar-refractivity contribution >= 4 is 10.2 Å². The van der Waals surface area contributed by atoms with Crippen molar-refractivity contribution in [2.75, 3.05) is 19.8 Å². The van der Waals surface area contributed by atoms with Crippen LogP contribution in [0.3, 0.4) is 0 Å². The van der Waals surface area contributed by atoms with Crippen LogP contribution in [0.2, 0.25) is 6.04 Å². The molecular weight excluding hydrogens is 132 g/mol. The molecule has 2 nitrogen and oxygen atoms in total. The Bertz CT molecular complexity index is 73.5. The average molecular weight is 146 g/mol. The zero-order chi connectivity index (χ0) is 6.53. The molecule has 0 N–H and O–H groups in total. The minimum absolute atomic E-state index is 0.444. The highest BCUT2D eigenvalue weighted by Gasteiger charge is 2.21. The first-order valence-electron chi connectivity index (χ1n) is 3.63. The summed E-state index contributed by atoms with van der Waals surface area (Å²) in [5.74, 6) is 0. The van der Waals surface area contributed by atoms with E-state index in [9.17, 15) is 0 Å². The molecule has 0 aromatic rings. The molecule has 1 rings (SSSR count). The van der Waals surface area contributed by atoms with Gasteiger partial charge in [-0.1, -0.05) is 6.04 Å². The standard InChI is InChI=1S/C6H14O2Si/c9-3-1-2-7-4-6-5-8-6/h6H,1-5H2,9H3. The van der Waals surface area contributed by atoms with E-state index in [4.69, 9.17) is 9.47 Å². The summed E-state index contributed by atoms with van der Waals surface area (Å²) in [5, 5.41) is 0. The first-order valence-corrected chi connectivity index (χ1v) is 5.04. The molecule has 1 atom stereocenters. The molecule has 1 aliphatic rings. The molecule has 0 aliphatic carbocycles. The summed E-state index contributed by atoms with van der Waals surface area (Å²) in [6, 6.07) is 1.35. The molecule has 3 heteroatoms. The van der Waals surface area contributed by atoms with Gasteiger partial charge in [-0.25, -0.2) is 0 Å². The lowest BCUT2D eigenvalue weighted by Gasteiger charge is -1.97. The van der Waals surface area contributed by atoms with E-state index >= 15 is 0 Å². The van der Waals surface area contributed by atoms with Gasteiger partial charge in [0, 0.05) is 16.8 Å². The van der Waals surface area contributed by atoms with E-state index in [1.807, 2.05) is 0 Å². The fraction of sp³-hybridized carbons (Fsp3) is 1.00. The van der Waals surface area contributed by atoms with Crippen LogP contribution in [0, 0.1) is 0 Å². The number of rotatable bonds is 5. The van der Waals surface area contributed by atoms with Crippen LogP contribution in [-0.4, -0.2) is 36.2 Å². The van der Waals surface area contributed by atoms with Gasteiger partial charge in [0.25, 0.3) is 0 Å². The number of ether oxygens (including phenoxy) is 2. The number of hydrogen-bond donors (Lipinski definition) is 0. The fourth-order valence-corrected chi connectivity index (χ4v) is 0.914. The molecule has 0 aromatic carbocycles. The van der Waals surface area contributed by atoms with Crippen LogP contribution in [0.1, 0.15) is 6.42 Å². The van der Waals surface area contributed by atoms with Crippen molar-refractivity contribution in [1.29, 1.82) is 0 Å². The molecular formula is C6H14O2Si. The molecule has 0 saturated carbocycles. The minimum atomic E-state index is 0.444. The van der Waals surface area contributed by atoms with Crippen LogP contribution in [-0.2, 0) is 9.47 Å². The van der Waals surface area contributed by atoms with Gasteiger partial charge in [0.1, 0.15) is 6.10 Å². The molecule has 1 fully saturated rings. The maximum atomic E-state index is 5.30. The summed E-state index contributed by atoms with van der Waals surface area (Å²) < 4.78 is 10.3. The lowest BCUT2D eigenvalue weighted by Crippen LogP contribution is -2.02. The van der Waals surface area contributed by atoms with Crippen molar-refractivity contribution in [2.45, 2.75) is 18.6 Å². The van der Waals surface area contributed by atoms with E-state index in [2.05, 4.69) is 0 Å². The van der Waals surface area contributed by atoms with Crippen molar-refractivity contribution in [1.82, 2.24) is 0 Å². The Morgan fingerprint density at radius 1 is 1.67 bits per heavy atom. The van der Waals surface area contributed by atoms with E-state index in [-0.39, 0.29) is 0 Å². The third-order valence-electron chi connectivity index (χ3n) is 1.35. The second kappa shape index (κ2) is 4.03. The van der Waals surface area contributed by atoms with E-state index < -0.39 is 0 Å². The van der Waals surface area contributed by atoms with Gasteiger partial charge in [0.05, 0.1) is 13.2 Å². The Balaban J connectivity index is 1.71. The van der Waals surface area contributed by atoms with Crippen molar-refractivity contribution in [2.24, 2.45) is 0 Å². The summed E-state index contributed by atoms with van der Waals surface area (Å²) in [6.45, 7) is 2.67. The minimum Gasteiger partial charge on any atom is -0.379 e. The predicted octanol–water partition coefficient (Wildman–Crippen LogP) is -0.424. The van der Waals surface area contributed by atoms with Crippen molar-refractivity contribution < 1.29 is 9.47 Å². The smallest absolute Gasteiger partial charge is 0.104 e. The van der Waals surface area contributed by atoms with Gasteiger partial charge in [-0.2, -0.15) is 0 Å². The lowest BCUT2D eigenvalue weighted by molar-refractivity contribution is 0.117. The van der Waals surface area contributed by atoms with Gasteiger partial charge in [-0.05, 0) is 6.42 Å². The Morgan fingerprint density at radius 3 is 3.00 bits per heavy atom. The Kier molecular flexibility index (Phi) is 3.25. The Labute approximate surface area is 59.0 Å². The molecule has 1 heterocycles. The van der Waals surface area contributed by atoms with Gasteiger partial charge < -0.3 is 9.47 Å². The largest absolute Gasteiger partial charge is 0.379 e. The highest BCUT2D eigenvalue weighted by atomic mass is 28.1. The molecule has 0 aromatic heterocycles. The third-order valence-corrected chi connectivity index (χ3v) is 2.06. The highest BCUT2D eigenvalue weighted by Crippen LogP contribution is 2.08. The highest BCUT2D eigenvalue weighted by molar-refractivity contribution is 6.08. The van der Waals surface area contributed by atoms with E-state index in [1.165, 1.54) is 22.7 Å². The number of epoxide rings is 1. The Hall–Kier alpha value is 0.137. The summed E-state index contributed by atoms with van der Waals surface area (Å²) >= 11 is 0. The first kappa shape index (κ1) is 7.25. The summed E-state index contributed by atoms with van der Waals surface area (Å²) in [7, 11) is 1.31. The van der Waals surface area contributed by atoms with Crippen LogP contribution in [0.5, 0.6) is 0 Å². The second-order valence-corrected chi connectivity index (χ2v) is 3.38. The molecule has 0 bridgehead atoms. The normalized spacial score (nSPS) is 24.7. The molecule has 0 amide bonds. The van der Waals surface area contributed by atoms with Crippen LogP contribution in [0.15, 0.2) is 0 Å². The third kappa shape index (κ3) is 3.67. The summed E-state index contributed by atoms with van der Waals surface area (Å²) in [4.78, 5) is 0. The average Bonchev–Trinajstić information content (AvgIpc) is 2.63. The molecule has 0 radical (unpaired) electrons. The van der Waals surface area contributed by atoms with Crippen molar-refractivity contribution in [3.8, 4) is 0 Å². The maximum absolute atomic E-state index is 5.30. The van der Waals surface area contributed by atoms with Gasteiger partial charge >= 0.3 is 0 Å². The lowest BCUT2D eigenvalue weighted by atomic mass is 10.5.